The highest BCUT2D eigenvalue weighted by atomic mass is 15.3. The number of pyridine rings is 1. The molecule has 0 radical (unpaired) electrons. The number of likely N-dealkylation sites (tertiary alicyclic amines) is 1. The maximum absolute atomic E-state index is 8.05. The number of nitrogens with zero attached hydrogens (tertiary/aromatic N) is 4. The van der Waals surface area contributed by atoms with Crippen LogP contribution in [0.1, 0.15) is 30.4 Å². The lowest BCUT2D eigenvalue weighted by molar-refractivity contribution is 0.293. The molecule has 1 aliphatic heterocycles. The lowest BCUT2D eigenvalue weighted by Gasteiger charge is -2.19. The number of nitrogens with one attached hydrogen (secondary N) is 2. The fraction of sp³-hybridized carbons (Fsp3) is 0.308. The Morgan fingerprint density at radius 1 is 1.15 bits per heavy atom. The molecule has 1 atom stereocenters. The van der Waals surface area contributed by atoms with Gasteiger partial charge in [-0.25, -0.2) is 0 Å². The van der Waals surface area contributed by atoms with Crippen molar-refractivity contribution in [1.82, 2.24) is 15.2 Å². The molecule has 170 valence electrons. The van der Waals surface area contributed by atoms with Crippen molar-refractivity contribution in [2.24, 2.45) is 16.2 Å². The third kappa shape index (κ3) is 5.69. The summed E-state index contributed by atoms with van der Waals surface area (Å²) in [5.41, 5.74) is 5.69. The molecule has 0 aliphatic carbocycles. The van der Waals surface area contributed by atoms with Crippen LogP contribution in [0.25, 0.3) is 22.4 Å². The van der Waals surface area contributed by atoms with Crippen molar-refractivity contribution in [3.63, 3.8) is 0 Å². The molecule has 1 aliphatic rings. The largest absolute Gasteiger partial charge is 0.313 e. The summed E-state index contributed by atoms with van der Waals surface area (Å²) in [7, 11) is 2.23. The number of nitrogens with two attached hydrogens (primary N) is 1. The Balaban J connectivity index is 1.49. The minimum Gasteiger partial charge on any atom is -0.313 e. The molecule has 1 aromatic heterocycles. The molecule has 1 unspecified atom stereocenters. The Morgan fingerprint density at radius 2 is 1.94 bits per heavy atom. The van der Waals surface area contributed by atoms with Crippen LogP contribution in [-0.2, 0) is 6.54 Å². The van der Waals surface area contributed by atoms with Gasteiger partial charge in [-0.2, -0.15) is 0 Å². The Kier molecular flexibility index (Phi) is 7.55. The van der Waals surface area contributed by atoms with Crippen LogP contribution < -0.4 is 11.2 Å². The summed E-state index contributed by atoms with van der Waals surface area (Å²) in [6, 6.07) is 21.2. The number of amidine groups is 1. The first kappa shape index (κ1) is 22.8. The van der Waals surface area contributed by atoms with Crippen LogP contribution in [0, 0.1) is 5.41 Å². The van der Waals surface area contributed by atoms with Gasteiger partial charge in [-0.1, -0.05) is 59.8 Å². The molecule has 1 saturated heterocycles. The Morgan fingerprint density at radius 3 is 2.64 bits per heavy atom. The van der Waals surface area contributed by atoms with Crippen LogP contribution in [0.5, 0.6) is 0 Å². The summed E-state index contributed by atoms with van der Waals surface area (Å²) in [6.07, 6.45) is 5.48. The van der Waals surface area contributed by atoms with Crippen LogP contribution in [0.4, 0.5) is 0 Å². The van der Waals surface area contributed by atoms with Gasteiger partial charge in [0.05, 0.1) is 5.69 Å². The zero-order valence-corrected chi connectivity index (χ0v) is 19.0. The second kappa shape index (κ2) is 10.9. The van der Waals surface area contributed by atoms with Gasteiger partial charge in [0.15, 0.2) is 5.84 Å². The molecular weight excluding hydrogens is 410 g/mol. The smallest absolute Gasteiger partial charge is 0.177 e. The molecule has 2 aromatic carbocycles. The van der Waals surface area contributed by atoms with Crippen LogP contribution >= 0.6 is 0 Å². The number of hydrogen-bond acceptors (Lipinski definition) is 5. The molecule has 33 heavy (non-hydrogen) atoms. The minimum atomic E-state index is -0.0149. The number of hydrogen-bond donors (Lipinski definition) is 3. The van der Waals surface area contributed by atoms with Crippen LogP contribution in [0.15, 0.2) is 77.2 Å². The highest BCUT2D eigenvalue weighted by Crippen LogP contribution is 2.31. The minimum absolute atomic E-state index is 0.0149. The van der Waals surface area contributed by atoms with Crippen molar-refractivity contribution in [2.45, 2.75) is 31.8 Å². The van der Waals surface area contributed by atoms with Gasteiger partial charge in [-0.05, 0) is 56.6 Å². The Labute approximate surface area is 195 Å². The van der Waals surface area contributed by atoms with E-state index in [4.69, 9.17) is 11.3 Å². The first-order valence-electron chi connectivity index (χ1n) is 11.4. The van der Waals surface area contributed by atoms with Crippen molar-refractivity contribution in [1.29, 1.82) is 5.41 Å². The fourth-order valence-electron chi connectivity index (χ4n) is 4.40. The van der Waals surface area contributed by atoms with Gasteiger partial charge in [-0.15, -0.1) is 5.11 Å². The molecule has 0 bridgehead atoms. The molecule has 0 amide bonds. The third-order valence-electron chi connectivity index (χ3n) is 6.29. The third-order valence-corrected chi connectivity index (χ3v) is 6.29. The lowest BCUT2D eigenvalue weighted by Crippen LogP contribution is -2.28. The molecule has 4 rings (SSSR count). The first-order chi connectivity index (χ1) is 16.2. The van der Waals surface area contributed by atoms with E-state index in [1.54, 1.807) is 6.20 Å². The van der Waals surface area contributed by atoms with E-state index in [2.05, 4.69) is 56.9 Å². The molecule has 7 nitrogen and oxygen atoms in total. The summed E-state index contributed by atoms with van der Waals surface area (Å²) < 4.78 is 0. The van der Waals surface area contributed by atoms with E-state index in [9.17, 15) is 0 Å². The number of rotatable bonds is 8. The predicted molar refractivity (Wildman–Crippen MR) is 133 cm³/mol. The summed E-state index contributed by atoms with van der Waals surface area (Å²) in [5, 5.41) is 18.5. The average molecular weight is 442 g/mol. The zero-order chi connectivity index (χ0) is 23.0. The van der Waals surface area contributed by atoms with Gasteiger partial charge in [0, 0.05) is 35.5 Å². The van der Waals surface area contributed by atoms with Gasteiger partial charge in [0.2, 0.25) is 0 Å². The molecule has 4 N–H and O–H groups in total. The average Bonchev–Trinajstić information content (AvgIpc) is 3.27. The van der Waals surface area contributed by atoms with Crippen molar-refractivity contribution >= 4 is 5.84 Å². The first-order valence-corrected chi connectivity index (χ1v) is 11.4. The standard InChI is InChI=1S/C26H31N7/c1-33-15-5-8-23(33)13-14-29-17-19-9-11-21(12-10-19)25-24(20-6-3-2-4-7-20)16-22(18-30-25)26(27)31-32-28/h2-4,6-7,9-12,16,18,23,29H,5,8,13-15,17H2,1H3,(H3,27,28,31). The second-order valence-corrected chi connectivity index (χ2v) is 8.49. The summed E-state index contributed by atoms with van der Waals surface area (Å²) in [5.74, 6) is 5.11. The summed E-state index contributed by atoms with van der Waals surface area (Å²) in [4.78, 5) is 7.15. The highest BCUT2D eigenvalue weighted by molar-refractivity contribution is 5.98. The van der Waals surface area contributed by atoms with Gasteiger partial charge in [-0.3, -0.25) is 10.4 Å². The van der Waals surface area contributed by atoms with E-state index >= 15 is 0 Å². The van der Waals surface area contributed by atoms with Crippen LogP contribution in [0.2, 0.25) is 0 Å². The summed E-state index contributed by atoms with van der Waals surface area (Å²) >= 11 is 0. The van der Waals surface area contributed by atoms with E-state index in [-0.39, 0.29) is 5.84 Å². The number of benzene rings is 2. The maximum Gasteiger partial charge on any atom is 0.177 e. The van der Waals surface area contributed by atoms with E-state index in [1.807, 2.05) is 36.4 Å². The molecule has 0 saturated carbocycles. The van der Waals surface area contributed by atoms with Gasteiger partial charge < -0.3 is 16.1 Å². The highest BCUT2D eigenvalue weighted by Gasteiger charge is 2.19. The van der Waals surface area contributed by atoms with E-state index in [1.165, 1.54) is 31.4 Å². The molecular formula is C26H31N7. The molecule has 7 heteroatoms. The second-order valence-electron chi connectivity index (χ2n) is 8.49. The lowest BCUT2D eigenvalue weighted by atomic mass is 9.97. The molecule has 0 spiro atoms. The zero-order valence-electron chi connectivity index (χ0n) is 19.0. The monoisotopic (exact) mass is 441 g/mol. The topological polar surface area (TPSA) is 103 Å². The fourth-order valence-corrected chi connectivity index (χ4v) is 4.40. The van der Waals surface area contributed by atoms with E-state index in [0.717, 1.165) is 41.5 Å². The number of aromatic nitrogens is 1. The Bertz CT molecular complexity index is 1090. The molecule has 1 fully saturated rings. The van der Waals surface area contributed by atoms with Gasteiger partial charge >= 0.3 is 0 Å². The van der Waals surface area contributed by atoms with Crippen molar-refractivity contribution < 1.29 is 0 Å². The van der Waals surface area contributed by atoms with Crippen molar-refractivity contribution in [3.8, 4) is 22.4 Å². The van der Waals surface area contributed by atoms with Crippen LogP contribution in [0.3, 0.4) is 0 Å². The van der Waals surface area contributed by atoms with E-state index < -0.39 is 0 Å². The molecule has 3 aromatic rings. The predicted octanol–water partition coefficient (Wildman–Crippen LogP) is 4.64. The molecule has 2 heterocycles. The van der Waals surface area contributed by atoms with Gasteiger partial charge in [0.1, 0.15) is 0 Å². The van der Waals surface area contributed by atoms with E-state index in [0.29, 0.717) is 5.56 Å². The Hall–Kier alpha value is -3.42. The quantitative estimate of drug-likeness (QED) is 0.118. The normalized spacial score (nSPS) is 16.5. The van der Waals surface area contributed by atoms with Crippen molar-refractivity contribution in [2.75, 3.05) is 20.1 Å². The summed E-state index contributed by atoms with van der Waals surface area (Å²) in [6.45, 7) is 3.12. The van der Waals surface area contributed by atoms with Crippen molar-refractivity contribution in [3.05, 3.63) is 78.0 Å². The SMILES string of the molecule is CN1CCCC1CCNCc1ccc(-c2ncc(C(=N)N=NN)cc2-c2ccccc2)cc1. The maximum atomic E-state index is 8.05. The van der Waals surface area contributed by atoms with Crippen LogP contribution in [-0.4, -0.2) is 41.9 Å². The van der Waals surface area contributed by atoms with Gasteiger partial charge in [0.25, 0.3) is 0 Å².